The lowest BCUT2D eigenvalue weighted by Gasteiger charge is -2.17. The van der Waals surface area contributed by atoms with Gasteiger partial charge in [0.2, 0.25) is 0 Å². The first-order valence-electron chi connectivity index (χ1n) is 6.86. The fourth-order valence-corrected chi connectivity index (χ4v) is 3.36. The smallest absolute Gasteiger partial charge is 0.0829 e. The summed E-state index contributed by atoms with van der Waals surface area (Å²) in [5.74, 6) is 6.12. The van der Waals surface area contributed by atoms with Crippen molar-refractivity contribution in [2.45, 2.75) is 46.1 Å². The highest BCUT2D eigenvalue weighted by Gasteiger charge is 2.20. The molecular formula is C15H22N4S. The van der Waals surface area contributed by atoms with Gasteiger partial charge in [0.05, 0.1) is 16.6 Å². The first-order valence-corrected chi connectivity index (χ1v) is 7.64. The third kappa shape index (κ3) is 3.42. The topological polar surface area (TPSA) is 63.8 Å². The molecule has 0 amide bonds. The molecule has 0 saturated heterocycles. The van der Waals surface area contributed by atoms with Crippen LogP contribution in [0.15, 0.2) is 18.2 Å². The number of aromatic nitrogens is 2. The van der Waals surface area contributed by atoms with Gasteiger partial charge in [-0.05, 0) is 43.3 Å². The van der Waals surface area contributed by atoms with Crippen molar-refractivity contribution in [3.8, 4) is 0 Å². The molecule has 1 aromatic carbocycles. The molecule has 4 nitrogen and oxygen atoms in total. The molecule has 1 heterocycles. The highest BCUT2D eigenvalue weighted by Crippen LogP contribution is 2.28. The molecule has 20 heavy (non-hydrogen) atoms. The molecule has 1 atom stereocenters. The van der Waals surface area contributed by atoms with Crippen LogP contribution in [0.1, 0.15) is 53.1 Å². The molecule has 0 bridgehead atoms. The van der Waals surface area contributed by atoms with Gasteiger partial charge in [-0.2, -0.15) is 0 Å². The quantitative estimate of drug-likeness (QED) is 0.656. The Morgan fingerprint density at radius 1 is 1.20 bits per heavy atom. The number of hydrazine groups is 1. The van der Waals surface area contributed by atoms with Crippen LogP contribution >= 0.6 is 11.5 Å². The van der Waals surface area contributed by atoms with Gasteiger partial charge in [-0.3, -0.25) is 11.3 Å². The van der Waals surface area contributed by atoms with E-state index in [0.29, 0.717) is 5.92 Å². The largest absolute Gasteiger partial charge is 0.271 e. The lowest BCUT2D eigenvalue weighted by atomic mass is 9.98. The molecule has 3 N–H and O–H groups in total. The van der Waals surface area contributed by atoms with Gasteiger partial charge in [0.15, 0.2) is 0 Å². The van der Waals surface area contributed by atoms with E-state index in [4.69, 9.17) is 5.84 Å². The maximum absolute atomic E-state index is 5.76. The van der Waals surface area contributed by atoms with Gasteiger partial charge in [-0.1, -0.05) is 47.7 Å². The predicted octanol–water partition coefficient (Wildman–Crippen LogP) is 3.03. The van der Waals surface area contributed by atoms with Gasteiger partial charge in [0.1, 0.15) is 0 Å². The van der Waals surface area contributed by atoms with E-state index in [1.165, 1.54) is 28.2 Å². The fraction of sp³-hybridized carbons (Fsp3) is 0.467. The average Bonchev–Trinajstić information content (AvgIpc) is 2.83. The number of rotatable bonds is 5. The summed E-state index contributed by atoms with van der Waals surface area (Å²) in [5.41, 5.74) is 7.81. The van der Waals surface area contributed by atoms with E-state index < -0.39 is 0 Å². The number of nitrogens with two attached hydrogens (primary N) is 1. The Morgan fingerprint density at radius 3 is 2.40 bits per heavy atom. The normalized spacial score (nSPS) is 12.9. The van der Waals surface area contributed by atoms with E-state index >= 15 is 0 Å². The van der Waals surface area contributed by atoms with E-state index in [9.17, 15) is 0 Å². The Kier molecular flexibility index (Phi) is 4.86. The van der Waals surface area contributed by atoms with Crippen LogP contribution in [-0.4, -0.2) is 9.59 Å². The molecular weight excluding hydrogens is 268 g/mol. The number of hydrogen-bond donors (Lipinski definition) is 2. The summed E-state index contributed by atoms with van der Waals surface area (Å²) in [6.07, 6.45) is 0.850. The van der Waals surface area contributed by atoms with Crippen molar-refractivity contribution in [3.05, 3.63) is 45.5 Å². The molecule has 0 fully saturated rings. The zero-order valence-corrected chi connectivity index (χ0v) is 13.3. The first-order chi connectivity index (χ1) is 9.51. The van der Waals surface area contributed by atoms with E-state index in [1.54, 1.807) is 0 Å². The number of nitrogens with one attached hydrogen (secondary N) is 1. The van der Waals surface area contributed by atoms with Crippen LogP contribution < -0.4 is 11.3 Å². The van der Waals surface area contributed by atoms with Gasteiger partial charge in [0, 0.05) is 0 Å². The van der Waals surface area contributed by atoms with E-state index in [0.717, 1.165) is 17.0 Å². The van der Waals surface area contributed by atoms with E-state index in [-0.39, 0.29) is 6.04 Å². The lowest BCUT2D eigenvalue weighted by Crippen LogP contribution is -2.29. The molecule has 1 unspecified atom stereocenters. The van der Waals surface area contributed by atoms with Crippen molar-refractivity contribution >= 4 is 11.5 Å². The molecule has 0 aliphatic rings. The second kappa shape index (κ2) is 6.43. The third-order valence-electron chi connectivity index (χ3n) is 3.33. The van der Waals surface area contributed by atoms with Gasteiger partial charge >= 0.3 is 0 Å². The number of aryl methyl sites for hydroxylation is 2. The minimum absolute atomic E-state index is 0.0635. The van der Waals surface area contributed by atoms with Crippen LogP contribution in [0.3, 0.4) is 0 Å². The van der Waals surface area contributed by atoms with Crippen LogP contribution in [0.4, 0.5) is 0 Å². The van der Waals surface area contributed by atoms with E-state index in [1.807, 2.05) is 0 Å². The molecule has 2 rings (SSSR count). The van der Waals surface area contributed by atoms with Crippen molar-refractivity contribution in [1.82, 2.24) is 15.0 Å². The highest BCUT2D eigenvalue weighted by molar-refractivity contribution is 7.05. The van der Waals surface area contributed by atoms with Crippen molar-refractivity contribution in [3.63, 3.8) is 0 Å². The van der Waals surface area contributed by atoms with Gasteiger partial charge in [-0.15, -0.1) is 5.10 Å². The van der Waals surface area contributed by atoms with Crippen LogP contribution in [0.2, 0.25) is 0 Å². The number of hydrogen-bond acceptors (Lipinski definition) is 5. The second-order valence-corrected chi connectivity index (χ2v) is 6.38. The molecule has 0 aliphatic carbocycles. The van der Waals surface area contributed by atoms with Crippen LogP contribution in [0, 0.1) is 13.8 Å². The zero-order valence-electron chi connectivity index (χ0n) is 12.5. The predicted molar refractivity (Wildman–Crippen MR) is 83.7 cm³/mol. The summed E-state index contributed by atoms with van der Waals surface area (Å²) in [5, 5.41) is 4.23. The Morgan fingerprint density at radius 2 is 1.85 bits per heavy atom. The summed E-state index contributed by atoms with van der Waals surface area (Å²) in [7, 11) is 0. The van der Waals surface area contributed by atoms with Gasteiger partial charge < -0.3 is 0 Å². The lowest BCUT2D eigenvalue weighted by molar-refractivity contribution is 0.551. The third-order valence-corrected chi connectivity index (χ3v) is 4.18. The summed E-state index contributed by atoms with van der Waals surface area (Å²) in [4.78, 5) is 1.14. The summed E-state index contributed by atoms with van der Waals surface area (Å²) in [6, 6.07) is 6.66. The molecule has 1 aromatic heterocycles. The maximum atomic E-state index is 5.76. The molecule has 0 spiro atoms. The maximum Gasteiger partial charge on any atom is 0.0829 e. The molecule has 0 aliphatic heterocycles. The fourth-order valence-electron chi connectivity index (χ4n) is 2.50. The molecule has 0 radical (unpaired) electrons. The van der Waals surface area contributed by atoms with Crippen molar-refractivity contribution in [1.29, 1.82) is 0 Å². The van der Waals surface area contributed by atoms with Gasteiger partial charge in [-0.25, -0.2) is 0 Å². The minimum atomic E-state index is 0.0635. The van der Waals surface area contributed by atoms with Crippen molar-refractivity contribution in [2.75, 3.05) is 0 Å². The van der Waals surface area contributed by atoms with Crippen LogP contribution in [0.25, 0.3) is 0 Å². The Labute approximate surface area is 124 Å². The molecule has 0 saturated carbocycles. The summed E-state index contributed by atoms with van der Waals surface area (Å²) in [6.45, 7) is 8.50. The molecule has 5 heteroatoms. The number of benzene rings is 1. The molecule has 108 valence electrons. The Bertz CT molecular complexity index is 557. The first kappa shape index (κ1) is 15.1. The van der Waals surface area contributed by atoms with Gasteiger partial charge in [0.25, 0.3) is 0 Å². The Balaban J connectivity index is 2.26. The minimum Gasteiger partial charge on any atom is -0.271 e. The standard InChI is InChI=1S/C15H22N4S/c1-9(2)14-15(20-19-18-14)13(17-16)8-12-6-10(3)5-11(4)7-12/h5-7,9,13,17H,8,16H2,1-4H3. The van der Waals surface area contributed by atoms with E-state index in [2.05, 4.69) is 60.9 Å². The average molecular weight is 290 g/mol. The highest BCUT2D eigenvalue weighted by atomic mass is 32.1. The van der Waals surface area contributed by atoms with Crippen LogP contribution in [0.5, 0.6) is 0 Å². The molecule has 2 aromatic rings. The summed E-state index contributed by atoms with van der Waals surface area (Å²) >= 11 is 1.43. The van der Waals surface area contributed by atoms with Crippen molar-refractivity contribution in [2.24, 2.45) is 5.84 Å². The van der Waals surface area contributed by atoms with Crippen molar-refractivity contribution < 1.29 is 0 Å². The summed E-state index contributed by atoms with van der Waals surface area (Å²) < 4.78 is 4.09. The SMILES string of the molecule is Cc1cc(C)cc(CC(NN)c2snnc2C(C)C)c1. The zero-order chi connectivity index (χ0) is 14.7. The second-order valence-electron chi connectivity index (χ2n) is 5.60. The van der Waals surface area contributed by atoms with Crippen LogP contribution in [-0.2, 0) is 6.42 Å². The monoisotopic (exact) mass is 290 g/mol. The number of nitrogens with zero attached hydrogens (tertiary/aromatic N) is 2. The Hall–Kier alpha value is -1.30.